The average Bonchev–Trinajstić information content (AvgIpc) is 2.31. The predicted octanol–water partition coefficient (Wildman–Crippen LogP) is 1.01. The Bertz CT molecular complexity index is 235. The van der Waals surface area contributed by atoms with Crippen LogP contribution in [0.1, 0.15) is 25.7 Å². The number of rotatable bonds is 4. The summed E-state index contributed by atoms with van der Waals surface area (Å²) in [4.78, 5) is 22.4. The molecule has 0 aliphatic heterocycles. The van der Waals surface area contributed by atoms with Crippen molar-refractivity contribution in [3.63, 3.8) is 0 Å². The van der Waals surface area contributed by atoms with Gasteiger partial charge in [0, 0.05) is 12.1 Å². The van der Waals surface area contributed by atoms with Crippen LogP contribution in [0.2, 0.25) is 0 Å². The number of hydrogen-bond acceptors (Lipinski definition) is 2. The highest BCUT2D eigenvalue weighted by molar-refractivity contribution is 6.27. The molecule has 2 N–H and O–H groups in total. The van der Waals surface area contributed by atoms with Crippen LogP contribution in [-0.2, 0) is 9.59 Å². The van der Waals surface area contributed by atoms with Crippen molar-refractivity contribution >= 4 is 35.0 Å². The van der Waals surface area contributed by atoms with E-state index in [0.29, 0.717) is 0 Å². The summed E-state index contributed by atoms with van der Waals surface area (Å²) in [5, 5.41) is 5.64. The number of hydrogen-bond donors (Lipinski definition) is 2. The molecular weight excluding hydrogens is 251 g/mol. The van der Waals surface area contributed by atoms with E-state index in [1.54, 1.807) is 0 Å². The zero-order chi connectivity index (χ0) is 12.0. The fourth-order valence-electron chi connectivity index (χ4n) is 1.97. The van der Waals surface area contributed by atoms with Gasteiger partial charge in [-0.25, -0.2) is 0 Å². The second kappa shape index (κ2) is 6.97. The van der Waals surface area contributed by atoms with Gasteiger partial charge in [0.1, 0.15) is 11.8 Å². The van der Waals surface area contributed by atoms with Gasteiger partial charge in [-0.15, -0.1) is 23.2 Å². The fourth-order valence-corrected chi connectivity index (χ4v) is 2.12. The van der Waals surface area contributed by atoms with Gasteiger partial charge in [0.2, 0.25) is 11.8 Å². The summed E-state index contributed by atoms with van der Waals surface area (Å²) in [6, 6.07) is -0.0423. The first-order valence-corrected chi connectivity index (χ1v) is 6.45. The molecule has 2 atom stereocenters. The first kappa shape index (κ1) is 13.6. The zero-order valence-electron chi connectivity index (χ0n) is 8.97. The van der Waals surface area contributed by atoms with Crippen LogP contribution in [-0.4, -0.2) is 35.7 Å². The third-order valence-corrected chi connectivity index (χ3v) is 3.19. The van der Waals surface area contributed by atoms with Crippen LogP contribution >= 0.6 is 23.2 Å². The van der Waals surface area contributed by atoms with E-state index in [9.17, 15) is 9.59 Å². The van der Waals surface area contributed by atoms with Gasteiger partial charge in [0.15, 0.2) is 0 Å². The van der Waals surface area contributed by atoms with E-state index in [-0.39, 0.29) is 35.7 Å². The molecule has 1 aliphatic rings. The molecule has 0 spiro atoms. The number of carbonyl (C=O) groups excluding carboxylic acids is 2. The van der Waals surface area contributed by atoms with Gasteiger partial charge in [0.25, 0.3) is 0 Å². The summed E-state index contributed by atoms with van der Waals surface area (Å²) in [6.07, 6.45) is 3.85. The Morgan fingerprint density at radius 1 is 0.938 bits per heavy atom. The zero-order valence-corrected chi connectivity index (χ0v) is 10.5. The minimum atomic E-state index is -0.196. The van der Waals surface area contributed by atoms with Crippen molar-refractivity contribution in [3.8, 4) is 0 Å². The third-order valence-electron chi connectivity index (χ3n) is 2.70. The molecule has 0 aromatic heterocycles. The Balaban J connectivity index is 2.49. The molecular formula is C10H16Cl2N2O2. The molecule has 2 amide bonds. The Morgan fingerprint density at radius 2 is 1.31 bits per heavy atom. The molecule has 92 valence electrons. The Kier molecular flexibility index (Phi) is 5.91. The summed E-state index contributed by atoms with van der Waals surface area (Å²) >= 11 is 10.9. The van der Waals surface area contributed by atoms with Gasteiger partial charge < -0.3 is 10.6 Å². The van der Waals surface area contributed by atoms with Crippen molar-refractivity contribution in [1.29, 1.82) is 0 Å². The first-order chi connectivity index (χ1) is 7.67. The van der Waals surface area contributed by atoms with Crippen LogP contribution in [0, 0.1) is 0 Å². The van der Waals surface area contributed by atoms with Crippen molar-refractivity contribution in [2.75, 3.05) is 11.8 Å². The van der Waals surface area contributed by atoms with E-state index in [4.69, 9.17) is 23.2 Å². The van der Waals surface area contributed by atoms with E-state index in [1.165, 1.54) is 0 Å². The minimum absolute atomic E-state index is 0.0211. The number of alkyl halides is 2. The molecule has 1 aliphatic carbocycles. The molecule has 1 fully saturated rings. The van der Waals surface area contributed by atoms with E-state index in [0.717, 1.165) is 25.7 Å². The minimum Gasteiger partial charge on any atom is -0.350 e. The number of nitrogens with one attached hydrogen (secondary N) is 2. The Labute approximate surface area is 105 Å². The van der Waals surface area contributed by atoms with E-state index < -0.39 is 0 Å². The lowest BCUT2D eigenvalue weighted by molar-refractivity contribution is -0.122. The molecule has 1 saturated carbocycles. The third kappa shape index (κ3) is 4.18. The van der Waals surface area contributed by atoms with E-state index in [2.05, 4.69) is 10.6 Å². The highest BCUT2D eigenvalue weighted by Gasteiger charge is 2.27. The molecule has 0 aromatic rings. The van der Waals surface area contributed by atoms with Crippen LogP contribution in [0.4, 0.5) is 0 Å². The van der Waals surface area contributed by atoms with Gasteiger partial charge in [0.05, 0.1) is 0 Å². The van der Waals surface area contributed by atoms with Gasteiger partial charge >= 0.3 is 0 Å². The SMILES string of the molecule is O=C(CCl)NC1CCCCC1NC(=O)CCl. The Morgan fingerprint density at radius 3 is 1.62 bits per heavy atom. The lowest BCUT2D eigenvalue weighted by Crippen LogP contribution is -2.53. The number of carbonyl (C=O) groups is 2. The molecule has 0 heterocycles. The van der Waals surface area contributed by atoms with Crippen LogP contribution in [0.25, 0.3) is 0 Å². The largest absolute Gasteiger partial charge is 0.350 e. The maximum absolute atomic E-state index is 11.2. The van der Waals surface area contributed by atoms with Crippen LogP contribution in [0.5, 0.6) is 0 Å². The van der Waals surface area contributed by atoms with Gasteiger partial charge in [-0.3, -0.25) is 9.59 Å². The summed E-state index contributed by atoms with van der Waals surface area (Å²) in [5.74, 6) is -0.489. The van der Waals surface area contributed by atoms with E-state index >= 15 is 0 Å². The average molecular weight is 267 g/mol. The molecule has 0 aromatic carbocycles. The summed E-state index contributed by atoms with van der Waals surface area (Å²) in [6.45, 7) is 0. The standard InChI is InChI=1S/C10H16Cl2N2O2/c11-5-9(15)13-7-3-1-2-4-8(7)14-10(16)6-12/h7-8H,1-6H2,(H,13,15)(H,14,16). The lowest BCUT2D eigenvalue weighted by Gasteiger charge is -2.32. The maximum Gasteiger partial charge on any atom is 0.235 e. The van der Waals surface area contributed by atoms with Gasteiger partial charge in [-0.1, -0.05) is 12.8 Å². The van der Waals surface area contributed by atoms with Crippen LogP contribution in [0.15, 0.2) is 0 Å². The molecule has 1 rings (SSSR count). The van der Waals surface area contributed by atoms with Crippen LogP contribution < -0.4 is 10.6 Å². The van der Waals surface area contributed by atoms with Gasteiger partial charge in [-0.2, -0.15) is 0 Å². The quantitative estimate of drug-likeness (QED) is 0.747. The van der Waals surface area contributed by atoms with Crippen molar-refractivity contribution in [3.05, 3.63) is 0 Å². The molecule has 2 unspecified atom stereocenters. The second-order valence-electron chi connectivity index (χ2n) is 3.90. The summed E-state index contributed by atoms with van der Waals surface area (Å²) in [5.41, 5.74) is 0. The predicted molar refractivity (Wildman–Crippen MR) is 63.8 cm³/mol. The monoisotopic (exact) mass is 266 g/mol. The molecule has 0 saturated heterocycles. The highest BCUT2D eigenvalue weighted by Crippen LogP contribution is 2.18. The fraction of sp³-hybridized carbons (Fsp3) is 0.800. The van der Waals surface area contributed by atoms with E-state index in [1.807, 2.05) is 0 Å². The maximum atomic E-state index is 11.2. The lowest BCUT2D eigenvalue weighted by atomic mass is 9.90. The first-order valence-electron chi connectivity index (χ1n) is 5.38. The topological polar surface area (TPSA) is 58.2 Å². The normalized spacial score (nSPS) is 24.9. The summed E-state index contributed by atoms with van der Waals surface area (Å²) < 4.78 is 0. The van der Waals surface area contributed by atoms with Crippen molar-refractivity contribution in [1.82, 2.24) is 10.6 Å². The molecule has 6 heteroatoms. The molecule has 16 heavy (non-hydrogen) atoms. The van der Waals surface area contributed by atoms with Crippen molar-refractivity contribution in [2.24, 2.45) is 0 Å². The second-order valence-corrected chi connectivity index (χ2v) is 4.43. The number of amides is 2. The Hall–Kier alpha value is -0.480. The molecule has 0 radical (unpaired) electrons. The smallest absolute Gasteiger partial charge is 0.235 e. The molecule has 4 nitrogen and oxygen atoms in total. The highest BCUT2D eigenvalue weighted by atomic mass is 35.5. The molecule has 0 bridgehead atoms. The van der Waals surface area contributed by atoms with Gasteiger partial charge in [-0.05, 0) is 12.8 Å². The van der Waals surface area contributed by atoms with Crippen LogP contribution in [0.3, 0.4) is 0 Å². The van der Waals surface area contributed by atoms with Crippen molar-refractivity contribution in [2.45, 2.75) is 37.8 Å². The summed E-state index contributed by atoms with van der Waals surface area (Å²) in [7, 11) is 0. The number of halogens is 2. The van der Waals surface area contributed by atoms with Crippen molar-refractivity contribution < 1.29 is 9.59 Å².